The van der Waals surface area contributed by atoms with E-state index in [1.54, 1.807) is 38.4 Å². The first kappa shape index (κ1) is 21.7. The molecule has 7 heteroatoms. The van der Waals surface area contributed by atoms with Crippen LogP contribution in [0.1, 0.15) is 52.6 Å². The van der Waals surface area contributed by atoms with E-state index >= 15 is 0 Å². The predicted octanol–water partition coefficient (Wildman–Crippen LogP) is 2.63. The van der Waals surface area contributed by atoms with Crippen LogP contribution in [-0.4, -0.2) is 60.1 Å². The summed E-state index contributed by atoms with van der Waals surface area (Å²) in [6.07, 6.45) is 0.219. The van der Waals surface area contributed by atoms with Gasteiger partial charge in [-0.1, -0.05) is 45.0 Å². The number of imide groups is 1. The number of anilines is 1. The molecule has 1 atom stereocenters. The van der Waals surface area contributed by atoms with Crippen molar-refractivity contribution in [1.82, 2.24) is 9.80 Å². The molecule has 7 nitrogen and oxygen atoms in total. The number of rotatable bonds is 3. The third-order valence-corrected chi connectivity index (χ3v) is 6.14. The normalized spacial score (nSPS) is 18.0. The molecule has 0 saturated heterocycles. The summed E-state index contributed by atoms with van der Waals surface area (Å²) in [5, 5.41) is 0. The summed E-state index contributed by atoms with van der Waals surface area (Å²) < 4.78 is 0. The molecule has 0 fully saturated rings. The van der Waals surface area contributed by atoms with E-state index in [0.29, 0.717) is 16.8 Å². The van der Waals surface area contributed by atoms with Gasteiger partial charge in [0.15, 0.2) is 0 Å². The molecule has 0 bridgehead atoms. The van der Waals surface area contributed by atoms with Crippen LogP contribution >= 0.6 is 0 Å². The van der Waals surface area contributed by atoms with Crippen LogP contribution in [0.3, 0.4) is 0 Å². The Bertz CT molecular complexity index is 1110. The van der Waals surface area contributed by atoms with Crippen molar-refractivity contribution >= 4 is 29.3 Å². The highest BCUT2D eigenvalue weighted by Gasteiger charge is 2.46. The predicted molar refractivity (Wildman–Crippen MR) is 121 cm³/mol. The monoisotopic (exact) mass is 433 g/mol. The number of fused-ring (bicyclic) bond motifs is 2. The molecule has 0 radical (unpaired) electrons. The molecule has 2 aromatic carbocycles. The van der Waals surface area contributed by atoms with E-state index in [9.17, 15) is 19.2 Å². The Balaban J connectivity index is 1.78. The van der Waals surface area contributed by atoms with Crippen molar-refractivity contribution in [2.24, 2.45) is 0 Å². The highest BCUT2D eigenvalue weighted by atomic mass is 16.2. The van der Waals surface area contributed by atoms with E-state index in [4.69, 9.17) is 0 Å². The van der Waals surface area contributed by atoms with Crippen LogP contribution in [0, 0.1) is 0 Å². The number of nitrogens with zero attached hydrogens (tertiary/aromatic N) is 3. The number of benzene rings is 2. The zero-order valence-electron chi connectivity index (χ0n) is 19.0. The molecule has 4 rings (SSSR count). The van der Waals surface area contributed by atoms with Crippen LogP contribution in [-0.2, 0) is 21.4 Å². The molecule has 0 aliphatic carbocycles. The van der Waals surface area contributed by atoms with E-state index in [-0.39, 0.29) is 24.3 Å². The standard InChI is InChI=1S/C25H27N3O4/c1-25(2,3)16-11-10-15-12-20(24(32)27(19(15)13-16)14-21(29)26(4)5)28-22(30)17-8-6-7-9-18(17)23(28)31/h6-11,13,20H,12,14H2,1-5H3. The summed E-state index contributed by atoms with van der Waals surface area (Å²) in [5.74, 6) is -1.61. The largest absolute Gasteiger partial charge is 0.347 e. The van der Waals surface area contributed by atoms with Gasteiger partial charge >= 0.3 is 0 Å². The fourth-order valence-electron chi connectivity index (χ4n) is 4.18. The van der Waals surface area contributed by atoms with Gasteiger partial charge in [-0.3, -0.25) is 24.1 Å². The van der Waals surface area contributed by atoms with Gasteiger partial charge in [-0.25, -0.2) is 0 Å². The minimum atomic E-state index is -0.995. The summed E-state index contributed by atoms with van der Waals surface area (Å²) in [6, 6.07) is 11.5. The molecule has 0 spiro atoms. The van der Waals surface area contributed by atoms with E-state index in [1.165, 1.54) is 9.80 Å². The molecule has 166 valence electrons. The first-order valence-corrected chi connectivity index (χ1v) is 10.6. The molecule has 0 aromatic heterocycles. The molecule has 1 unspecified atom stereocenters. The number of carbonyl (C=O) groups excluding carboxylic acids is 4. The highest BCUT2D eigenvalue weighted by Crippen LogP contribution is 2.36. The van der Waals surface area contributed by atoms with Crippen molar-refractivity contribution in [1.29, 1.82) is 0 Å². The third-order valence-electron chi connectivity index (χ3n) is 6.14. The van der Waals surface area contributed by atoms with Crippen molar-refractivity contribution in [3.05, 3.63) is 64.7 Å². The zero-order chi connectivity index (χ0) is 23.4. The molecule has 0 N–H and O–H groups in total. The van der Waals surface area contributed by atoms with Crippen molar-refractivity contribution in [2.45, 2.75) is 38.6 Å². The van der Waals surface area contributed by atoms with Gasteiger partial charge in [-0.2, -0.15) is 0 Å². The van der Waals surface area contributed by atoms with Crippen LogP contribution in [0.15, 0.2) is 42.5 Å². The fourth-order valence-corrected chi connectivity index (χ4v) is 4.18. The maximum atomic E-state index is 13.6. The topological polar surface area (TPSA) is 78.0 Å². The lowest BCUT2D eigenvalue weighted by Gasteiger charge is -2.38. The molecular formula is C25H27N3O4. The third kappa shape index (κ3) is 3.47. The first-order valence-electron chi connectivity index (χ1n) is 10.6. The molecule has 4 amide bonds. The molecule has 0 saturated carbocycles. The number of hydrogen-bond donors (Lipinski definition) is 0. The van der Waals surface area contributed by atoms with Gasteiger partial charge in [0, 0.05) is 26.2 Å². The van der Waals surface area contributed by atoms with Crippen LogP contribution in [0.5, 0.6) is 0 Å². The Labute approximate surface area is 187 Å². The summed E-state index contributed by atoms with van der Waals surface area (Å²) in [5.41, 5.74) is 2.97. The van der Waals surface area contributed by atoms with Gasteiger partial charge in [0.2, 0.25) is 5.91 Å². The van der Waals surface area contributed by atoms with Crippen molar-refractivity contribution in [2.75, 3.05) is 25.5 Å². The zero-order valence-corrected chi connectivity index (χ0v) is 19.0. The first-order chi connectivity index (χ1) is 15.0. The summed E-state index contributed by atoms with van der Waals surface area (Å²) in [6.45, 7) is 6.08. The maximum absolute atomic E-state index is 13.6. The minimum absolute atomic E-state index is 0.144. The lowest BCUT2D eigenvalue weighted by Crippen LogP contribution is -2.56. The molecule has 2 aliphatic heterocycles. The summed E-state index contributed by atoms with van der Waals surface area (Å²) in [7, 11) is 3.26. The van der Waals surface area contributed by atoms with Crippen LogP contribution < -0.4 is 4.90 Å². The Hall–Kier alpha value is -3.48. The van der Waals surface area contributed by atoms with Crippen molar-refractivity contribution in [3.8, 4) is 0 Å². The van der Waals surface area contributed by atoms with Gasteiger partial charge in [0.1, 0.15) is 12.6 Å². The Morgan fingerprint density at radius 3 is 2.12 bits per heavy atom. The number of hydrogen-bond acceptors (Lipinski definition) is 4. The SMILES string of the molecule is CN(C)C(=O)CN1C(=O)C(N2C(=O)c3ccccc3C2=O)Cc2ccc(C(C)(C)C)cc21. The Morgan fingerprint density at radius 1 is 1.00 bits per heavy atom. The number of carbonyl (C=O) groups is 4. The van der Waals surface area contributed by atoms with Crippen LogP contribution in [0.25, 0.3) is 0 Å². The average Bonchev–Trinajstić information content (AvgIpc) is 2.99. The van der Waals surface area contributed by atoms with Gasteiger partial charge in [-0.05, 0) is 34.7 Å². The van der Waals surface area contributed by atoms with Gasteiger partial charge in [0.05, 0.1) is 11.1 Å². The van der Waals surface area contributed by atoms with E-state index in [0.717, 1.165) is 16.0 Å². The number of likely N-dealkylation sites (N-methyl/N-ethyl adjacent to an activating group) is 1. The van der Waals surface area contributed by atoms with Gasteiger partial charge in [0.25, 0.3) is 17.7 Å². The maximum Gasteiger partial charge on any atom is 0.262 e. The molecule has 2 heterocycles. The lowest BCUT2D eigenvalue weighted by atomic mass is 9.84. The van der Waals surface area contributed by atoms with Gasteiger partial charge in [-0.15, -0.1) is 0 Å². The van der Waals surface area contributed by atoms with Crippen molar-refractivity contribution < 1.29 is 19.2 Å². The van der Waals surface area contributed by atoms with Crippen molar-refractivity contribution in [3.63, 3.8) is 0 Å². The molecule has 32 heavy (non-hydrogen) atoms. The number of amides is 4. The van der Waals surface area contributed by atoms with Crippen LogP contribution in [0.2, 0.25) is 0 Å². The van der Waals surface area contributed by atoms with Gasteiger partial charge < -0.3 is 9.80 Å². The van der Waals surface area contributed by atoms with Crippen LogP contribution in [0.4, 0.5) is 5.69 Å². The fraction of sp³-hybridized carbons (Fsp3) is 0.360. The second-order valence-corrected chi connectivity index (χ2v) is 9.55. The average molecular weight is 434 g/mol. The summed E-state index contributed by atoms with van der Waals surface area (Å²) in [4.78, 5) is 56.2. The lowest BCUT2D eigenvalue weighted by molar-refractivity contribution is -0.130. The van der Waals surface area contributed by atoms with E-state index < -0.39 is 23.8 Å². The highest BCUT2D eigenvalue weighted by molar-refractivity contribution is 6.23. The van der Waals surface area contributed by atoms with E-state index in [1.807, 2.05) is 18.2 Å². The Kier molecular flexibility index (Phi) is 5.15. The molecular weight excluding hydrogens is 406 g/mol. The minimum Gasteiger partial charge on any atom is -0.347 e. The second-order valence-electron chi connectivity index (χ2n) is 9.55. The second kappa shape index (κ2) is 7.58. The summed E-state index contributed by atoms with van der Waals surface area (Å²) >= 11 is 0. The quantitative estimate of drug-likeness (QED) is 0.698. The molecule has 2 aromatic rings. The molecule has 2 aliphatic rings. The van der Waals surface area contributed by atoms with E-state index in [2.05, 4.69) is 20.8 Å². The Morgan fingerprint density at radius 2 is 1.59 bits per heavy atom. The smallest absolute Gasteiger partial charge is 0.262 e.